The average Bonchev–Trinajstić information content (AvgIpc) is 3.08. The van der Waals surface area contributed by atoms with Gasteiger partial charge in [-0.05, 0) is 37.8 Å². The highest BCUT2D eigenvalue weighted by Crippen LogP contribution is 2.39. The van der Waals surface area contributed by atoms with E-state index in [1.54, 1.807) is 7.11 Å². The third kappa shape index (κ3) is 2.46. The van der Waals surface area contributed by atoms with Gasteiger partial charge in [0.1, 0.15) is 0 Å². The summed E-state index contributed by atoms with van der Waals surface area (Å²) in [4.78, 5) is 0. The predicted molar refractivity (Wildman–Crippen MR) is 71.4 cm³/mol. The van der Waals surface area contributed by atoms with E-state index in [9.17, 15) is 0 Å². The number of methoxy groups -OCH3 is 1. The van der Waals surface area contributed by atoms with Crippen molar-refractivity contribution in [2.24, 2.45) is 5.92 Å². The van der Waals surface area contributed by atoms with Crippen LogP contribution in [0.3, 0.4) is 0 Å². The number of ether oxygens (including phenoxy) is 2. The summed E-state index contributed by atoms with van der Waals surface area (Å²) < 4.78 is 11.5. The van der Waals surface area contributed by atoms with Gasteiger partial charge in [-0.15, -0.1) is 0 Å². The third-order valence-electron chi connectivity index (χ3n) is 3.89. The van der Waals surface area contributed by atoms with Crippen molar-refractivity contribution in [3.8, 4) is 11.5 Å². The molecule has 2 aliphatic rings. The Balaban J connectivity index is 1.84. The van der Waals surface area contributed by atoms with Crippen LogP contribution in [-0.4, -0.2) is 26.8 Å². The molecule has 1 aromatic carbocycles. The molecular weight excluding hydrogens is 226 g/mol. The summed E-state index contributed by atoms with van der Waals surface area (Å²) in [7, 11) is 1.72. The Kier molecular flexibility index (Phi) is 3.41. The van der Waals surface area contributed by atoms with Crippen LogP contribution < -0.4 is 14.8 Å². The van der Waals surface area contributed by atoms with Gasteiger partial charge in [0, 0.05) is 18.0 Å². The second-order valence-corrected chi connectivity index (χ2v) is 5.32. The van der Waals surface area contributed by atoms with Crippen molar-refractivity contribution in [1.82, 2.24) is 5.32 Å². The number of nitrogens with one attached hydrogen (secondary N) is 1. The van der Waals surface area contributed by atoms with E-state index in [0.717, 1.165) is 37.1 Å². The molecule has 3 heteroatoms. The Labute approximate surface area is 108 Å². The van der Waals surface area contributed by atoms with Crippen LogP contribution >= 0.6 is 0 Å². The Morgan fingerprint density at radius 2 is 2.17 bits per heavy atom. The maximum absolute atomic E-state index is 6.04. The SMILES string of the molecule is COc1cccc(C2CCNC2)c1OCC1CC1. The fourth-order valence-electron chi connectivity index (χ4n) is 2.58. The predicted octanol–water partition coefficient (Wildman–Crippen LogP) is 2.56. The maximum Gasteiger partial charge on any atom is 0.164 e. The Bertz CT molecular complexity index is 409. The second kappa shape index (κ2) is 5.19. The van der Waals surface area contributed by atoms with E-state index in [1.807, 2.05) is 6.07 Å². The van der Waals surface area contributed by atoms with Crippen molar-refractivity contribution in [2.45, 2.75) is 25.2 Å². The molecule has 3 rings (SSSR count). The van der Waals surface area contributed by atoms with Crippen molar-refractivity contribution >= 4 is 0 Å². The Hall–Kier alpha value is -1.22. The summed E-state index contributed by atoms with van der Waals surface area (Å²) in [6.07, 6.45) is 3.82. The highest BCUT2D eigenvalue weighted by atomic mass is 16.5. The number of hydrogen-bond acceptors (Lipinski definition) is 3. The molecule has 18 heavy (non-hydrogen) atoms. The van der Waals surface area contributed by atoms with Gasteiger partial charge in [0.2, 0.25) is 0 Å². The minimum absolute atomic E-state index is 0.564. The zero-order valence-electron chi connectivity index (χ0n) is 10.9. The molecule has 0 bridgehead atoms. The van der Waals surface area contributed by atoms with Crippen molar-refractivity contribution in [3.63, 3.8) is 0 Å². The van der Waals surface area contributed by atoms with Crippen LogP contribution in [0, 0.1) is 5.92 Å². The van der Waals surface area contributed by atoms with Crippen LogP contribution in [0.2, 0.25) is 0 Å². The van der Waals surface area contributed by atoms with Gasteiger partial charge in [-0.3, -0.25) is 0 Å². The summed E-state index contributed by atoms with van der Waals surface area (Å²) in [5, 5.41) is 3.42. The maximum atomic E-state index is 6.04. The lowest BCUT2D eigenvalue weighted by Gasteiger charge is -2.18. The van der Waals surface area contributed by atoms with Crippen molar-refractivity contribution < 1.29 is 9.47 Å². The van der Waals surface area contributed by atoms with E-state index in [4.69, 9.17) is 9.47 Å². The summed E-state index contributed by atoms with van der Waals surface area (Å²) in [5.41, 5.74) is 1.31. The highest BCUT2D eigenvalue weighted by Gasteiger charge is 2.26. The fourth-order valence-corrected chi connectivity index (χ4v) is 2.58. The Morgan fingerprint density at radius 1 is 1.28 bits per heavy atom. The first-order valence-electron chi connectivity index (χ1n) is 6.89. The fraction of sp³-hybridized carbons (Fsp3) is 0.600. The van der Waals surface area contributed by atoms with Gasteiger partial charge in [0.15, 0.2) is 11.5 Å². The molecule has 1 aromatic rings. The molecule has 1 saturated carbocycles. The first kappa shape index (κ1) is 11.8. The van der Waals surface area contributed by atoms with Crippen molar-refractivity contribution in [1.29, 1.82) is 0 Å². The number of para-hydroxylation sites is 1. The molecule has 0 radical (unpaired) electrons. The molecule has 0 spiro atoms. The molecule has 1 aliphatic heterocycles. The largest absolute Gasteiger partial charge is 0.493 e. The lowest BCUT2D eigenvalue weighted by atomic mass is 9.97. The van der Waals surface area contributed by atoms with Crippen molar-refractivity contribution in [3.05, 3.63) is 23.8 Å². The first-order valence-corrected chi connectivity index (χ1v) is 6.89. The quantitative estimate of drug-likeness (QED) is 0.867. The molecule has 0 amide bonds. The third-order valence-corrected chi connectivity index (χ3v) is 3.89. The van der Waals surface area contributed by atoms with Gasteiger partial charge in [-0.2, -0.15) is 0 Å². The van der Waals surface area contributed by atoms with Gasteiger partial charge >= 0.3 is 0 Å². The molecule has 1 N–H and O–H groups in total. The summed E-state index contributed by atoms with van der Waals surface area (Å²) >= 11 is 0. The van der Waals surface area contributed by atoms with E-state index in [2.05, 4.69) is 17.4 Å². The normalized spacial score (nSPS) is 23.1. The lowest BCUT2D eigenvalue weighted by molar-refractivity contribution is 0.276. The lowest BCUT2D eigenvalue weighted by Crippen LogP contribution is -2.10. The van der Waals surface area contributed by atoms with Crippen LogP contribution in [0.15, 0.2) is 18.2 Å². The van der Waals surface area contributed by atoms with Gasteiger partial charge in [0.05, 0.1) is 13.7 Å². The number of hydrogen-bond donors (Lipinski definition) is 1. The van der Waals surface area contributed by atoms with Crippen LogP contribution in [-0.2, 0) is 0 Å². The van der Waals surface area contributed by atoms with Gasteiger partial charge in [-0.25, -0.2) is 0 Å². The second-order valence-electron chi connectivity index (χ2n) is 5.32. The van der Waals surface area contributed by atoms with E-state index in [0.29, 0.717) is 5.92 Å². The van der Waals surface area contributed by atoms with Crippen LogP contribution in [0.25, 0.3) is 0 Å². The molecule has 1 heterocycles. The van der Waals surface area contributed by atoms with E-state index >= 15 is 0 Å². The van der Waals surface area contributed by atoms with E-state index in [-0.39, 0.29) is 0 Å². The minimum Gasteiger partial charge on any atom is -0.493 e. The topological polar surface area (TPSA) is 30.5 Å². The molecule has 0 aromatic heterocycles. The standard InChI is InChI=1S/C15H21NO2/c1-17-14-4-2-3-13(12-7-8-16-9-12)15(14)18-10-11-5-6-11/h2-4,11-12,16H,5-10H2,1H3. The average molecular weight is 247 g/mol. The molecule has 1 unspecified atom stereocenters. The molecule has 1 aliphatic carbocycles. The Morgan fingerprint density at radius 3 is 2.83 bits per heavy atom. The molecular formula is C15H21NO2. The number of benzene rings is 1. The monoisotopic (exact) mass is 247 g/mol. The highest BCUT2D eigenvalue weighted by molar-refractivity contribution is 5.48. The van der Waals surface area contributed by atoms with Gasteiger partial charge < -0.3 is 14.8 Å². The summed E-state index contributed by atoms with van der Waals surface area (Å²) in [5.74, 6) is 3.18. The molecule has 98 valence electrons. The van der Waals surface area contributed by atoms with E-state index in [1.165, 1.54) is 24.8 Å². The molecule has 3 nitrogen and oxygen atoms in total. The number of rotatable bonds is 5. The van der Waals surface area contributed by atoms with Crippen LogP contribution in [0.5, 0.6) is 11.5 Å². The smallest absolute Gasteiger partial charge is 0.164 e. The molecule has 1 atom stereocenters. The summed E-state index contributed by atoms with van der Waals surface area (Å²) in [6.45, 7) is 2.99. The zero-order valence-corrected chi connectivity index (χ0v) is 10.9. The molecule has 1 saturated heterocycles. The van der Waals surface area contributed by atoms with Crippen LogP contribution in [0.4, 0.5) is 0 Å². The van der Waals surface area contributed by atoms with Gasteiger partial charge in [-0.1, -0.05) is 12.1 Å². The van der Waals surface area contributed by atoms with Gasteiger partial charge in [0.25, 0.3) is 0 Å². The first-order chi connectivity index (χ1) is 8.88. The van der Waals surface area contributed by atoms with Crippen LogP contribution in [0.1, 0.15) is 30.7 Å². The van der Waals surface area contributed by atoms with E-state index < -0.39 is 0 Å². The minimum atomic E-state index is 0.564. The zero-order chi connectivity index (χ0) is 12.4. The van der Waals surface area contributed by atoms with Crippen molar-refractivity contribution in [2.75, 3.05) is 26.8 Å². The summed E-state index contributed by atoms with van der Waals surface area (Å²) in [6, 6.07) is 6.24. The molecule has 2 fully saturated rings.